The average molecular weight is 215 g/mol. The summed E-state index contributed by atoms with van der Waals surface area (Å²) in [5.41, 5.74) is 8.20. The highest BCUT2D eigenvalue weighted by Crippen LogP contribution is 2.33. The SMILES string of the molecule is CCN(CC1CC1)c1cccc(C#N)c1N. The lowest BCUT2D eigenvalue weighted by Gasteiger charge is -2.24. The van der Waals surface area contributed by atoms with E-state index in [4.69, 9.17) is 11.0 Å². The largest absolute Gasteiger partial charge is 0.396 e. The molecule has 0 saturated heterocycles. The summed E-state index contributed by atoms with van der Waals surface area (Å²) in [4.78, 5) is 2.27. The van der Waals surface area contributed by atoms with Crippen LogP contribution in [0.5, 0.6) is 0 Å². The second-order valence-electron chi connectivity index (χ2n) is 4.33. The van der Waals surface area contributed by atoms with Crippen molar-refractivity contribution in [1.29, 1.82) is 5.26 Å². The van der Waals surface area contributed by atoms with Gasteiger partial charge < -0.3 is 10.6 Å². The number of benzene rings is 1. The first kappa shape index (κ1) is 10.8. The molecule has 1 saturated carbocycles. The highest BCUT2D eigenvalue weighted by Gasteiger charge is 2.24. The normalized spacial score (nSPS) is 14.5. The molecule has 0 unspecified atom stereocenters. The summed E-state index contributed by atoms with van der Waals surface area (Å²) < 4.78 is 0. The predicted molar refractivity (Wildman–Crippen MR) is 66.2 cm³/mol. The van der Waals surface area contributed by atoms with E-state index in [0.717, 1.165) is 24.7 Å². The molecule has 16 heavy (non-hydrogen) atoms. The third kappa shape index (κ3) is 2.11. The van der Waals surface area contributed by atoms with Gasteiger partial charge in [0.2, 0.25) is 0 Å². The molecule has 3 nitrogen and oxygen atoms in total. The summed E-state index contributed by atoms with van der Waals surface area (Å²) in [6.07, 6.45) is 2.66. The van der Waals surface area contributed by atoms with E-state index in [-0.39, 0.29) is 0 Å². The van der Waals surface area contributed by atoms with Crippen molar-refractivity contribution >= 4 is 11.4 Å². The summed E-state index contributed by atoms with van der Waals surface area (Å²) in [5, 5.41) is 8.94. The first-order valence-electron chi connectivity index (χ1n) is 5.79. The molecule has 1 aliphatic carbocycles. The summed E-state index contributed by atoms with van der Waals surface area (Å²) in [7, 11) is 0. The molecule has 3 heteroatoms. The van der Waals surface area contributed by atoms with Crippen molar-refractivity contribution in [3.63, 3.8) is 0 Å². The van der Waals surface area contributed by atoms with Gasteiger partial charge in [-0.05, 0) is 37.8 Å². The maximum absolute atomic E-state index is 8.94. The molecule has 84 valence electrons. The van der Waals surface area contributed by atoms with Crippen molar-refractivity contribution in [3.05, 3.63) is 23.8 Å². The van der Waals surface area contributed by atoms with E-state index >= 15 is 0 Å². The zero-order valence-electron chi connectivity index (χ0n) is 9.61. The fraction of sp³-hybridized carbons (Fsp3) is 0.462. The Labute approximate surface area is 96.5 Å². The fourth-order valence-corrected chi connectivity index (χ4v) is 1.94. The Balaban J connectivity index is 2.26. The van der Waals surface area contributed by atoms with Crippen molar-refractivity contribution in [2.75, 3.05) is 23.7 Å². The maximum Gasteiger partial charge on any atom is 0.101 e. The van der Waals surface area contributed by atoms with Crippen LogP contribution in [0.25, 0.3) is 0 Å². The van der Waals surface area contributed by atoms with E-state index in [1.54, 1.807) is 6.07 Å². The van der Waals surface area contributed by atoms with Gasteiger partial charge in [-0.1, -0.05) is 6.07 Å². The Morgan fingerprint density at radius 3 is 2.81 bits per heavy atom. The monoisotopic (exact) mass is 215 g/mol. The van der Waals surface area contributed by atoms with Gasteiger partial charge in [0.15, 0.2) is 0 Å². The number of nitrogens with zero attached hydrogens (tertiary/aromatic N) is 2. The average Bonchev–Trinajstić information content (AvgIpc) is 3.10. The molecule has 1 fully saturated rings. The number of para-hydroxylation sites is 1. The second-order valence-corrected chi connectivity index (χ2v) is 4.33. The Kier molecular flexibility index (Phi) is 3.00. The summed E-state index contributed by atoms with van der Waals surface area (Å²) >= 11 is 0. The van der Waals surface area contributed by atoms with Crippen molar-refractivity contribution in [3.8, 4) is 6.07 Å². The highest BCUT2D eigenvalue weighted by atomic mass is 15.1. The zero-order chi connectivity index (χ0) is 11.5. The molecule has 2 N–H and O–H groups in total. The first-order valence-corrected chi connectivity index (χ1v) is 5.79. The van der Waals surface area contributed by atoms with Gasteiger partial charge in [-0.15, -0.1) is 0 Å². The molecular formula is C13H17N3. The van der Waals surface area contributed by atoms with Crippen LogP contribution in [0.15, 0.2) is 18.2 Å². The minimum atomic E-state index is 0.576. The third-order valence-electron chi connectivity index (χ3n) is 3.10. The van der Waals surface area contributed by atoms with Gasteiger partial charge in [-0.2, -0.15) is 5.26 Å². The Hall–Kier alpha value is -1.69. The lowest BCUT2D eigenvalue weighted by atomic mass is 10.1. The van der Waals surface area contributed by atoms with Crippen LogP contribution in [0, 0.1) is 17.2 Å². The van der Waals surface area contributed by atoms with Crippen LogP contribution >= 0.6 is 0 Å². The minimum Gasteiger partial charge on any atom is -0.396 e. The molecule has 1 aromatic carbocycles. The molecule has 0 aliphatic heterocycles. The van der Waals surface area contributed by atoms with Gasteiger partial charge >= 0.3 is 0 Å². The highest BCUT2D eigenvalue weighted by molar-refractivity contribution is 5.73. The summed E-state index contributed by atoms with van der Waals surface area (Å²) in [6.45, 7) is 4.13. The fourth-order valence-electron chi connectivity index (χ4n) is 1.94. The maximum atomic E-state index is 8.94. The number of hydrogen-bond donors (Lipinski definition) is 1. The van der Waals surface area contributed by atoms with Crippen LogP contribution in [0.2, 0.25) is 0 Å². The van der Waals surface area contributed by atoms with Crippen molar-refractivity contribution in [2.24, 2.45) is 5.92 Å². The van der Waals surface area contributed by atoms with Gasteiger partial charge in [0.1, 0.15) is 6.07 Å². The van der Waals surface area contributed by atoms with Crippen LogP contribution in [-0.2, 0) is 0 Å². The second kappa shape index (κ2) is 4.44. The van der Waals surface area contributed by atoms with Crippen LogP contribution < -0.4 is 10.6 Å². The van der Waals surface area contributed by atoms with E-state index in [1.807, 2.05) is 12.1 Å². The molecule has 1 aromatic rings. The van der Waals surface area contributed by atoms with E-state index in [2.05, 4.69) is 17.9 Å². The topological polar surface area (TPSA) is 53.0 Å². The molecule has 1 aliphatic rings. The van der Waals surface area contributed by atoms with Crippen LogP contribution in [0.1, 0.15) is 25.3 Å². The quantitative estimate of drug-likeness (QED) is 0.784. The third-order valence-corrected chi connectivity index (χ3v) is 3.10. The van der Waals surface area contributed by atoms with E-state index in [1.165, 1.54) is 12.8 Å². The number of hydrogen-bond acceptors (Lipinski definition) is 3. The molecule has 0 heterocycles. The van der Waals surface area contributed by atoms with Crippen LogP contribution in [0.3, 0.4) is 0 Å². The van der Waals surface area contributed by atoms with Crippen LogP contribution in [0.4, 0.5) is 11.4 Å². The van der Waals surface area contributed by atoms with Crippen molar-refractivity contribution < 1.29 is 0 Å². The lowest BCUT2D eigenvalue weighted by molar-refractivity contribution is 0.743. The first-order chi connectivity index (χ1) is 7.76. The van der Waals surface area contributed by atoms with Gasteiger partial charge in [0, 0.05) is 13.1 Å². The molecule has 0 amide bonds. The van der Waals surface area contributed by atoms with Gasteiger partial charge in [0.25, 0.3) is 0 Å². The lowest BCUT2D eigenvalue weighted by Crippen LogP contribution is -2.26. The van der Waals surface area contributed by atoms with Crippen molar-refractivity contribution in [1.82, 2.24) is 0 Å². The molecule has 0 radical (unpaired) electrons. The molecule has 0 atom stereocenters. The Morgan fingerprint density at radius 1 is 1.50 bits per heavy atom. The standard InChI is InChI=1S/C13H17N3/c1-2-16(9-10-6-7-10)12-5-3-4-11(8-14)13(12)15/h3-5,10H,2,6-7,9,15H2,1H3. The molecular weight excluding hydrogens is 198 g/mol. The smallest absolute Gasteiger partial charge is 0.101 e. The van der Waals surface area contributed by atoms with E-state index < -0.39 is 0 Å². The van der Waals surface area contributed by atoms with Gasteiger partial charge in [-0.3, -0.25) is 0 Å². The zero-order valence-corrected chi connectivity index (χ0v) is 9.61. The summed E-state index contributed by atoms with van der Waals surface area (Å²) in [5.74, 6) is 0.824. The number of nitrogen functional groups attached to an aromatic ring is 1. The van der Waals surface area contributed by atoms with E-state index in [0.29, 0.717) is 11.3 Å². The van der Waals surface area contributed by atoms with Gasteiger partial charge in [-0.25, -0.2) is 0 Å². The Morgan fingerprint density at radius 2 is 2.25 bits per heavy atom. The molecule has 0 spiro atoms. The van der Waals surface area contributed by atoms with Crippen LogP contribution in [-0.4, -0.2) is 13.1 Å². The van der Waals surface area contributed by atoms with E-state index in [9.17, 15) is 0 Å². The molecule has 0 aromatic heterocycles. The Bertz CT molecular complexity index is 416. The predicted octanol–water partition coefficient (Wildman–Crippen LogP) is 2.38. The number of anilines is 2. The van der Waals surface area contributed by atoms with Crippen molar-refractivity contribution in [2.45, 2.75) is 19.8 Å². The molecule has 0 bridgehead atoms. The number of rotatable bonds is 4. The number of nitrogens with two attached hydrogens (primary N) is 1. The molecule has 2 rings (SSSR count). The number of nitriles is 1. The summed E-state index contributed by atoms with van der Waals surface area (Å²) in [6, 6.07) is 7.80. The van der Waals surface area contributed by atoms with Gasteiger partial charge in [0.05, 0.1) is 16.9 Å². The minimum absolute atomic E-state index is 0.576.